The van der Waals surface area contributed by atoms with Gasteiger partial charge in [-0.2, -0.15) is 0 Å². The van der Waals surface area contributed by atoms with Crippen molar-refractivity contribution in [1.29, 1.82) is 0 Å². The second kappa shape index (κ2) is 9.36. The minimum absolute atomic E-state index is 0.648. The van der Waals surface area contributed by atoms with Gasteiger partial charge in [0.25, 0.3) is 0 Å². The molecule has 0 unspecified atom stereocenters. The summed E-state index contributed by atoms with van der Waals surface area (Å²) in [6.07, 6.45) is 9.15. The summed E-state index contributed by atoms with van der Waals surface area (Å²) in [6, 6.07) is 22.7. The zero-order valence-corrected chi connectivity index (χ0v) is 21.0. The maximum Gasteiger partial charge on any atom is 0.160 e. The Hall–Kier alpha value is -4.77. The third-order valence-electron chi connectivity index (χ3n) is 6.52. The fraction of sp³-hybridized carbons (Fsp3) is 0.0938. The third-order valence-corrected chi connectivity index (χ3v) is 6.52. The average Bonchev–Trinajstić information content (AvgIpc) is 2.92. The van der Waals surface area contributed by atoms with E-state index in [2.05, 4.69) is 63.2 Å². The summed E-state index contributed by atoms with van der Waals surface area (Å²) < 4.78 is 0. The summed E-state index contributed by atoms with van der Waals surface area (Å²) in [7, 11) is 0. The van der Waals surface area contributed by atoms with E-state index in [1.54, 1.807) is 12.4 Å². The Labute approximate surface area is 216 Å². The van der Waals surface area contributed by atoms with Gasteiger partial charge in [0.15, 0.2) is 5.82 Å². The highest BCUT2D eigenvalue weighted by atomic mass is 14.9. The van der Waals surface area contributed by atoms with E-state index in [4.69, 9.17) is 24.9 Å². The number of nitrogens with zero attached hydrogens (tertiary/aromatic N) is 5. The first-order valence-corrected chi connectivity index (χ1v) is 12.3. The van der Waals surface area contributed by atoms with Crippen LogP contribution < -0.4 is 0 Å². The number of rotatable bonds is 4. The molecule has 0 saturated carbocycles. The fourth-order valence-corrected chi connectivity index (χ4v) is 4.90. The van der Waals surface area contributed by atoms with Crippen LogP contribution in [0.1, 0.15) is 16.7 Å². The first-order valence-electron chi connectivity index (χ1n) is 12.3. The van der Waals surface area contributed by atoms with Crippen LogP contribution in [-0.4, -0.2) is 24.9 Å². The molecule has 0 N–H and O–H groups in total. The van der Waals surface area contributed by atoms with Crippen molar-refractivity contribution in [1.82, 2.24) is 24.9 Å². The van der Waals surface area contributed by atoms with Crippen LogP contribution in [-0.2, 0) is 0 Å². The van der Waals surface area contributed by atoms with Crippen molar-refractivity contribution >= 4 is 10.8 Å². The van der Waals surface area contributed by atoms with E-state index in [1.807, 2.05) is 42.9 Å². The number of fused-ring (bicyclic) bond motifs is 1. The highest BCUT2D eigenvalue weighted by Crippen LogP contribution is 2.49. The molecular weight excluding hydrogens is 454 g/mol. The lowest BCUT2D eigenvalue weighted by Crippen LogP contribution is -2.02. The molecule has 0 aliphatic rings. The standard InChI is InChI=1S/C32H25N5/c1-20-9-14-33-25(17-20)28-23-7-4-5-8-24(23)29(32-36-12-6-13-37-32)31(27-19-22(3)11-16-35-27)30(28)26-18-21(2)10-15-34-26/h4-19H,1-3H3. The van der Waals surface area contributed by atoms with Gasteiger partial charge < -0.3 is 0 Å². The van der Waals surface area contributed by atoms with Crippen molar-refractivity contribution in [3.05, 3.63) is 114 Å². The Morgan fingerprint density at radius 2 is 0.838 bits per heavy atom. The van der Waals surface area contributed by atoms with E-state index < -0.39 is 0 Å². The van der Waals surface area contributed by atoms with Crippen LogP contribution in [0.3, 0.4) is 0 Å². The van der Waals surface area contributed by atoms with Gasteiger partial charge in [0, 0.05) is 53.2 Å². The molecule has 0 atom stereocenters. The summed E-state index contributed by atoms with van der Waals surface area (Å²) in [5.74, 6) is 0.648. The quantitative estimate of drug-likeness (QED) is 0.263. The van der Waals surface area contributed by atoms with Gasteiger partial charge in [-0.05, 0) is 90.7 Å². The fourth-order valence-electron chi connectivity index (χ4n) is 4.90. The van der Waals surface area contributed by atoms with Gasteiger partial charge in [-0.15, -0.1) is 0 Å². The molecule has 2 aromatic carbocycles. The molecule has 6 aromatic rings. The number of pyridine rings is 3. The molecule has 37 heavy (non-hydrogen) atoms. The lowest BCUT2D eigenvalue weighted by Gasteiger charge is -2.22. The van der Waals surface area contributed by atoms with Gasteiger partial charge in [0.1, 0.15) is 0 Å². The number of aryl methyl sites for hydroxylation is 3. The lowest BCUT2D eigenvalue weighted by molar-refractivity contribution is 1.18. The van der Waals surface area contributed by atoms with Gasteiger partial charge in [0.2, 0.25) is 0 Å². The van der Waals surface area contributed by atoms with Crippen molar-refractivity contribution in [2.45, 2.75) is 20.8 Å². The summed E-state index contributed by atoms with van der Waals surface area (Å²) in [6.45, 7) is 6.26. The van der Waals surface area contributed by atoms with E-state index in [9.17, 15) is 0 Å². The lowest BCUT2D eigenvalue weighted by atomic mass is 9.83. The molecule has 0 bridgehead atoms. The van der Waals surface area contributed by atoms with E-state index in [0.717, 1.165) is 66.8 Å². The molecule has 0 spiro atoms. The minimum Gasteiger partial charge on any atom is -0.256 e. The van der Waals surface area contributed by atoms with Crippen molar-refractivity contribution in [2.24, 2.45) is 0 Å². The molecule has 5 nitrogen and oxygen atoms in total. The predicted octanol–water partition coefficient (Wildman–Crippen LogP) is 7.41. The molecule has 4 aromatic heterocycles. The second-order valence-electron chi connectivity index (χ2n) is 9.27. The summed E-state index contributed by atoms with van der Waals surface area (Å²) in [5.41, 5.74) is 9.87. The van der Waals surface area contributed by atoms with Gasteiger partial charge in [-0.25, -0.2) is 9.97 Å². The first-order chi connectivity index (χ1) is 18.1. The molecule has 0 fully saturated rings. The van der Waals surface area contributed by atoms with Crippen molar-refractivity contribution in [2.75, 3.05) is 0 Å². The van der Waals surface area contributed by atoms with Gasteiger partial charge >= 0.3 is 0 Å². The number of hydrogen-bond acceptors (Lipinski definition) is 5. The van der Waals surface area contributed by atoms with E-state index in [1.165, 1.54) is 0 Å². The Bertz CT molecular complexity index is 1760. The highest BCUT2D eigenvalue weighted by molar-refractivity contribution is 6.16. The van der Waals surface area contributed by atoms with Gasteiger partial charge in [-0.1, -0.05) is 24.3 Å². The number of hydrogen-bond donors (Lipinski definition) is 0. The van der Waals surface area contributed by atoms with Crippen LogP contribution in [0.4, 0.5) is 0 Å². The Morgan fingerprint density at radius 1 is 0.405 bits per heavy atom. The Morgan fingerprint density at radius 3 is 1.32 bits per heavy atom. The van der Waals surface area contributed by atoms with Crippen LogP contribution in [0.5, 0.6) is 0 Å². The van der Waals surface area contributed by atoms with Crippen molar-refractivity contribution < 1.29 is 0 Å². The topological polar surface area (TPSA) is 64.5 Å². The molecule has 5 heteroatoms. The molecule has 4 heterocycles. The summed E-state index contributed by atoms with van der Waals surface area (Å²) >= 11 is 0. The van der Waals surface area contributed by atoms with Crippen molar-refractivity contribution in [3.8, 4) is 45.2 Å². The van der Waals surface area contributed by atoms with Crippen LogP contribution in [0.2, 0.25) is 0 Å². The smallest absolute Gasteiger partial charge is 0.160 e. The molecule has 178 valence electrons. The first kappa shape index (κ1) is 22.7. The number of benzene rings is 2. The molecule has 0 aliphatic heterocycles. The van der Waals surface area contributed by atoms with E-state index >= 15 is 0 Å². The minimum atomic E-state index is 0.648. The van der Waals surface area contributed by atoms with Gasteiger partial charge in [0.05, 0.1) is 17.1 Å². The van der Waals surface area contributed by atoms with E-state index in [0.29, 0.717) is 5.82 Å². The maximum absolute atomic E-state index is 4.87. The zero-order valence-electron chi connectivity index (χ0n) is 21.0. The largest absolute Gasteiger partial charge is 0.256 e. The van der Waals surface area contributed by atoms with Crippen LogP contribution >= 0.6 is 0 Å². The van der Waals surface area contributed by atoms with Gasteiger partial charge in [-0.3, -0.25) is 15.0 Å². The van der Waals surface area contributed by atoms with E-state index in [-0.39, 0.29) is 0 Å². The molecule has 0 radical (unpaired) electrons. The molecule has 0 aliphatic carbocycles. The zero-order chi connectivity index (χ0) is 25.4. The molecule has 0 saturated heterocycles. The molecular formula is C32H25N5. The normalized spacial score (nSPS) is 11.1. The van der Waals surface area contributed by atoms with Crippen LogP contribution in [0.15, 0.2) is 97.7 Å². The third kappa shape index (κ3) is 4.15. The molecule has 6 rings (SSSR count). The summed E-state index contributed by atoms with van der Waals surface area (Å²) in [5, 5.41) is 2.11. The predicted molar refractivity (Wildman–Crippen MR) is 149 cm³/mol. The van der Waals surface area contributed by atoms with Crippen LogP contribution in [0, 0.1) is 20.8 Å². The monoisotopic (exact) mass is 479 g/mol. The summed E-state index contributed by atoms with van der Waals surface area (Å²) in [4.78, 5) is 24.0. The maximum atomic E-state index is 4.87. The number of aromatic nitrogens is 5. The highest BCUT2D eigenvalue weighted by Gasteiger charge is 2.26. The average molecular weight is 480 g/mol. The Balaban J connectivity index is 1.91. The van der Waals surface area contributed by atoms with Crippen LogP contribution in [0.25, 0.3) is 55.9 Å². The Kier molecular flexibility index (Phi) is 5.73. The SMILES string of the molecule is Cc1ccnc(-c2c(-c3cc(C)ccn3)c(-c3ncccn3)c3ccccc3c2-c2cc(C)ccn2)c1. The molecule has 0 amide bonds. The van der Waals surface area contributed by atoms with Crippen molar-refractivity contribution in [3.63, 3.8) is 0 Å². The second-order valence-corrected chi connectivity index (χ2v) is 9.27.